The summed E-state index contributed by atoms with van der Waals surface area (Å²) in [6.45, 7) is 7.89. The van der Waals surface area contributed by atoms with Crippen molar-refractivity contribution in [2.24, 2.45) is 4.99 Å². The number of nitrogens with zero attached hydrogens (tertiary/aromatic N) is 1. The van der Waals surface area contributed by atoms with Gasteiger partial charge in [0.15, 0.2) is 5.96 Å². The van der Waals surface area contributed by atoms with E-state index in [9.17, 15) is 4.79 Å². The fourth-order valence-electron chi connectivity index (χ4n) is 2.92. The summed E-state index contributed by atoms with van der Waals surface area (Å²) in [6.07, 6.45) is 0.800. The van der Waals surface area contributed by atoms with Gasteiger partial charge in [-0.05, 0) is 26.8 Å². The highest BCUT2D eigenvalue weighted by Crippen LogP contribution is 2.39. The molecule has 27 heavy (non-hydrogen) atoms. The number of carbonyl (C=O) groups excluding carboxylic acids is 1. The third kappa shape index (κ3) is 7.53. The standard InChI is InChI=1S/C19H30N4O3.HI/c1-5-20-18(22-13-17(24)21-10-11-25-4)23-15-12-19(2,3)26-16-9-7-6-8-14(15)16;/h6-9,15H,5,10-13H2,1-4H3,(H,21,24)(H2,20,22,23);1H. The van der Waals surface area contributed by atoms with Crippen LogP contribution in [0.2, 0.25) is 0 Å². The van der Waals surface area contributed by atoms with Crippen LogP contribution in [0.1, 0.15) is 38.8 Å². The van der Waals surface area contributed by atoms with Gasteiger partial charge in [-0.1, -0.05) is 18.2 Å². The van der Waals surface area contributed by atoms with E-state index in [1.165, 1.54) is 0 Å². The Labute approximate surface area is 178 Å². The predicted molar refractivity (Wildman–Crippen MR) is 118 cm³/mol. The minimum Gasteiger partial charge on any atom is -0.487 e. The molecular weight excluding hydrogens is 459 g/mol. The lowest BCUT2D eigenvalue weighted by Gasteiger charge is -2.38. The summed E-state index contributed by atoms with van der Waals surface area (Å²) >= 11 is 0. The molecule has 1 aliphatic heterocycles. The van der Waals surface area contributed by atoms with Gasteiger partial charge in [-0.15, -0.1) is 24.0 Å². The van der Waals surface area contributed by atoms with Gasteiger partial charge in [0.2, 0.25) is 5.91 Å². The SMILES string of the molecule is CCNC(=NCC(=O)NCCOC)NC1CC(C)(C)Oc2ccccc21.I. The molecule has 0 fully saturated rings. The number of nitrogens with one attached hydrogen (secondary N) is 3. The molecule has 8 heteroatoms. The smallest absolute Gasteiger partial charge is 0.241 e. The third-order valence-corrected chi connectivity index (χ3v) is 4.04. The summed E-state index contributed by atoms with van der Waals surface area (Å²) in [5, 5.41) is 9.42. The van der Waals surface area contributed by atoms with Crippen LogP contribution in [-0.2, 0) is 9.53 Å². The Bertz CT molecular complexity index is 637. The van der Waals surface area contributed by atoms with Gasteiger partial charge in [0.25, 0.3) is 0 Å². The number of para-hydroxylation sites is 1. The van der Waals surface area contributed by atoms with E-state index < -0.39 is 0 Å². The number of rotatable bonds is 7. The monoisotopic (exact) mass is 490 g/mol. The largest absolute Gasteiger partial charge is 0.487 e. The van der Waals surface area contributed by atoms with Gasteiger partial charge >= 0.3 is 0 Å². The molecule has 1 atom stereocenters. The lowest BCUT2D eigenvalue weighted by atomic mass is 9.90. The van der Waals surface area contributed by atoms with Gasteiger partial charge < -0.3 is 25.4 Å². The Balaban J connectivity index is 0.00000364. The van der Waals surface area contributed by atoms with Gasteiger partial charge in [-0.25, -0.2) is 4.99 Å². The quantitative estimate of drug-likeness (QED) is 0.236. The fourth-order valence-corrected chi connectivity index (χ4v) is 2.92. The topological polar surface area (TPSA) is 84.0 Å². The van der Waals surface area contributed by atoms with Gasteiger partial charge in [0, 0.05) is 32.2 Å². The van der Waals surface area contributed by atoms with Crippen molar-refractivity contribution < 1.29 is 14.3 Å². The molecule has 1 unspecified atom stereocenters. The molecule has 1 aromatic carbocycles. The van der Waals surface area contributed by atoms with Crippen LogP contribution < -0.4 is 20.7 Å². The number of aliphatic imine (C=N–C) groups is 1. The molecule has 0 aromatic heterocycles. The summed E-state index contributed by atoms with van der Waals surface area (Å²) in [5.74, 6) is 1.37. The van der Waals surface area contributed by atoms with Crippen LogP contribution in [0.3, 0.4) is 0 Å². The second-order valence-electron chi connectivity index (χ2n) is 6.84. The van der Waals surface area contributed by atoms with Crippen LogP contribution in [0, 0.1) is 0 Å². The molecule has 1 aliphatic rings. The summed E-state index contributed by atoms with van der Waals surface area (Å²) in [5.41, 5.74) is 0.822. The molecular formula is C19H31IN4O3. The number of ether oxygens (including phenoxy) is 2. The van der Waals surface area contributed by atoms with Crippen LogP contribution in [0.5, 0.6) is 5.75 Å². The van der Waals surface area contributed by atoms with E-state index in [4.69, 9.17) is 9.47 Å². The molecule has 7 nitrogen and oxygen atoms in total. The molecule has 0 radical (unpaired) electrons. The summed E-state index contributed by atoms with van der Waals surface area (Å²) in [4.78, 5) is 16.3. The lowest BCUT2D eigenvalue weighted by molar-refractivity contribution is -0.119. The highest BCUT2D eigenvalue weighted by molar-refractivity contribution is 14.0. The zero-order valence-electron chi connectivity index (χ0n) is 16.5. The molecule has 0 saturated carbocycles. The zero-order valence-corrected chi connectivity index (χ0v) is 18.8. The van der Waals surface area contributed by atoms with E-state index in [-0.39, 0.29) is 48.1 Å². The van der Waals surface area contributed by atoms with Crippen molar-refractivity contribution in [2.45, 2.75) is 38.8 Å². The van der Waals surface area contributed by atoms with Gasteiger partial charge in [0.05, 0.1) is 12.6 Å². The summed E-state index contributed by atoms with van der Waals surface area (Å²) in [6, 6.07) is 8.08. The number of methoxy groups -OCH3 is 1. The fraction of sp³-hybridized carbons (Fsp3) is 0.579. The Morgan fingerprint density at radius 1 is 1.33 bits per heavy atom. The number of halogens is 1. The van der Waals surface area contributed by atoms with E-state index in [1.54, 1.807) is 7.11 Å². The Morgan fingerprint density at radius 3 is 2.78 bits per heavy atom. The minimum atomic E-state index is -0.277. The average Bonchev–Trinajstić information content (AvgIpc) is 2.59. The van der Waals surface area contributed by atoms with Crippen molar-refractivity contribution >= 4 is 35.8 Å². The molecule has 0 saturated heterocycles. The van der Waals surface area contributed by atoms with Crippen molar-refractivity contribution in [3.05, 3.63) is 29.8 Å². The van der Waals surface area contributed by atoms with Crippen LogP contribution in [0.4, 0.5) is 0 Å². The number of guanidine groups is 1. The van der Waals surface area contributed by atoms with E-state index in [2.05, 4.69) is 40.9 Å². The Hall–Kier alpha value is -1.55. The van der Waals surface area contributed by atoms with Crippen molar-refractivity contribution in [1.29, 1.82) is 0 Å². The molecule has 2 rings (SSSR count). The van der Waals surface area contributed by atoms with Gasteiger partial charge in [0.1, 0.15) is 17.9 Å². The van der Waals surface area contributed by atoms with E-state index in [1.807, 2.05) is 25.1 Å². The second kappa shape index (κ2) is 11.3. The van der Waals surface area contributed by atoms with E-state index in [0.717, 1.165) is 17.7 Å². The molecule has 1 amide bonds. The first-order chi connectivity index (χ1) is 12.4. The molecule has 0 spiro atoms. The molecule has 0 bridgehead atoms. The average molecular weight is 490 g/mol. The Kier molecular flexibility index (Phi) is 9.86. The maximum Gasteiger partial charge on any atom is 0.241 e. The normalized spacial score (nSPS) is 17.8. The third-order valence-electron chi connectivity index (χ3n) is 4.04. The Morgan fingerprint density at radius 2 is 2.07 bits per heavy atom. The van der Waals surface area contributed by atoms with Crippen molar-refractivity contribution in [2.75, 3.05) is 33.4 Å². The van der Waals surface area contributed by atoms with Gasteiger partial charge in [-0.2, -0.15) is 0 Å². The number of hydrogen-bond donors (Lipinski definition) is 3. The predicted octanol–water partition coefficient (Wildman–Crippen LogP) is 2.22. The van der Waals surface area contributed by atoms with Crippen molar-refractivity contribution in [3.63, 3.8) is 0 Å². The first-order valence-electron chi connectivity index (χ1n) is 9.03. The maximum absolute atomic E-state index is 11.9. The van der Waals surface area contributed by atoms with Crippen molar-refractivity contribution in [3.8, 4) is 5.75 Å². The molecule has 1 aromatic rings. The van der Waals surface area contributed by atoms with Crippen LogP contribution >= 0.6 is 24.0 Å². The van der Waals surface area contributed by atoms with E-state index >= 15 is 0 Å². The highest BCUT2D eigenvalue weighted by Gasteiger charge is 2.33. The van der Waals surface area contributed by atoms with Gasteiger partial charge in [-0.3, -0.25) is 4.79 Å². The maximum atomic E-state index is 11.9. The minimum absolute atomic E-state index is 0. The number of fused-ring (bicyclic) bond motifs is 1. The molecule has 152 valence electrons. The molecule has 3 N–H and O–H groups in total. The number of amides is 1. The van der Waals surface area contributed by atoms with E-state index in [0.29, 0.717) is 25.7 Å². The number of hydrogen-bond acceptors (Lipinski definition) is 4. The lowest BCUT2D eigenvalue weighted by Crippen LogP contribution is -2.45. The highest BCUT2D eigenvalue weighted by atomic mass is 127. The summed E-state index contributed by atoms with van der Waals surface area (Å²) in [7, 11) is 1.60. The first kappa shape index (κ1) is 23.5. The summed E-state index contributed by atoms with van der Waals surface area (Å²) < 4.78 is 11.0. The number of carbonyl (C=O) groups is 1. The van der Waals surface area contributed by atoms with Crippen LogP contribution in [0.15, 0.2) is 29.3 Å². The molecule has 0 aliphatic carbocycles. The first-order valence-corrected chi connectivity index (χ1v) is 9.03. The van der Waals surface area contributed by atoms with Crippen molar-refractivity contribution in [1.82, 2.24) is 16.0 Å². The molecule has 1 heterocycles. The second-order valence-corrected chi connectivity index (χ2v) is 6.84. The number of benzene rings is 1. The van der Waals surface area contributed by atoms with Crippen LogP contribution in [0.25, 0.3) is 0 Å². The van der Waals surface area contributed by atoms with Crippen LogP contribution in [-0.4, -0.2) is 50.8 Å². The zero-order chi connectivity index (χ0) is 19.0.